The molecular weight excluding hydrogens is 338 g/mol. The Balaban J connectivity index is 1.68. The highest BCUT2D eigenvalue weighted by Gasteiger charge is 2.28. The van der Waals surface area contributed by atoms with Gasteiger partial charge in [0.15, 0.2) is 0 Å². The fourth-order valence-corrected chi connectivity index (χ4v) is 3.42. The van der Waals surface area contributed by atoms with Gasteiger partial charge in [-0.2, -0.15) is 0 Å². The van der Waals surface area contributed by atoms with E-state index in [4.69, 9.17) is 0 Å². The van der Waals surface area contributed by atoms with Crippen molar-refractivity contribution in [1.29, 1.82) is 0 Å². The van der Waals surface area contributed by atoms with E-state index >= 15 is 0 Å². The van der Waals surface area contributed by atoms with Crippen molar-refractivity contribution in [2.75, 3.05) is 26.2 Å². The molecule has 5 nitrogen and oxygen atoms in total. The number of urea groups is 1. The Morgan fingerprint density at radius 1 is 1.04 bits per heavy atom. The van der Waals surface area contributed by atoms with Gasteiger partial charge in [-0.05, 0) is 24.0 Å². The fraction of sp³-hybridized carbons (Fsp3) is 0.364. The smallest absolute Gasteiger partial charge is 0.318 e. The highest BCUT2D eigenvalue weighted by Crippen LogP contribution is 2.19. The zero-order valence-electron chi connectivity index (χ0n) is 15.8. The summed E-state index contributed by atoms with van der Waals surface area (Å²) in [6, 6.07) is 19.8. The van der Waals surface area contributed by atoms with Crippen LogP contribution < -0.4 is 5.32 Å². The van der Waals surface area contributed by atoms with Crippen molar-refractivity contribution >= 4 is 11.9 Å². The second kappa shape index (κ2) is 9.21. The van der Waals surface area contributed by atoms with Gasteiger partial charge >= 0.3 is 6.03 Å². The van der Waals surface area contributed by atoms with Gasteiger partial charge in [-0.1, -0.05) is 67.6 Å². The van der Waals surface area contributed by atoms with Crippen LogP contribution in [0.2, 0.25) is 0 Å². The number of nitrogens with zero attached hydrogens (tertiary/aromatic N) is 2. The van der Waals surface area contributed by atoms with Crippen LogP contribution in [0.25, 0.3) is 0 Å². The number of rotatable bonds is 6. The van der Waals surface area contributed by atoms with Crippen LogP contribution in [0.1, 0.15) is 30.5 Å². The van der Waals surface area contributed by atoms with Gasteiger partial charge in [-0.3, -0.25) is 4.79 Å². The minimum absolute atomic E-state index is 0.0255. The van der Waals surface area contributed by atoms with Gasteiger partial charge in [0.05, 0.1) is 6.04 Å². The van der Waals surface area contributed by atoms with Gasteiger partial charge in [0.2, 0.25) is 5.91 Å². The summed E-state index contributed by atoms with van der Waals surface area (Å²) < 4.78 is 0. The molecule has 0 aliphatic carbocycles. The van der Waals surface area contributed by atoms with E-state index in [2.05, 4.69) is 24.4 Å². The third-order valence-corrected chi connectivity index (χ3v) is 4.88. The highest BCUT2D eigenvalue weighted by atomic mass is 16.2. The maximum atomic E-state index is 12.8. The lowest BCUT2D eigenvalue weighted by atomic mass is 9.99. The Morgan fingerprint density at radius 2 is 1.70 bits per heavy atom. The second-order valence-electron chi connectivity index (χ2n) is 6.90. The molecule has 3 rings (SSSR count). The first-order valence-electron chi connectivity index (χ1n) is 9.59. The molecule has 0 unspecified atom stereocenters. The van der Waals surface area contributed by atoms with Gasteiger partial charge in [0, 0.05) is 19.6 Å². The first kappa shape index (κ1) is 19.0. The minimum atomic E-state index is -0.177. The monoisotopic (exact) mass is 365 g/mol. The summed E-state index contributed by atoms with van der Waals surface area (Å²) in [5.74, 6) is 0.0255. The molecule has 1 fully saturated rings. The van der Waals surface area contributed by atoms with Crippen LogP contribution in [-0.2, 0) is 11.2 Å². The third kappa shape index (κ3) is 5.09. The first-order chi connectivity index (χ1) is 13.2. The highest BCUT2D eigenvalue weighted by molar-refractivity contribution is 5.85. The molecule has 0 radical (unpaired) electrons. The predicted octanol–water partition coefficient (Wildman–Crippen LogP) is 3.23. The molecule has 27 heavy (non-hydrogen) atoms. The number of nitrogens with one attached hydrogen (secondary N) is 1. The van der Waals surface area contributed by atoms with Crippen molar-refractivity contribution in [1.82, 2.24) is 15.1 Å². The summed E-state index contributed by atoms with van der Waals surface area (Å²) in [4.78, 5) is 28.5. The lowest BCUT2D eigenvalue weighted by Gasteiger charge is -2.35. The summed E-state index contributed by atoms with van der Waals surface area (Å²) >= 11 is 0. The molecule has 1 saturated heterocycles. The number of hydrogen-bond acceptors (Lipinski definition) is 2. The van der Waals surface area contributed by atoms with Crippen molar-refractivity contribution in [3.63, 3.8) is 0 Å². The molecule has 142 valence electrons. The molecule has 2 aromatic carbocycles. The van der Waals surface area contributed by atoms with Crippen molar-refractivity contribution in [2.45, 2.75) is 25.8 Å². The van der Waals surface area contributed by atoms with Crippen molar-refractivity contribution < 1.29 is 9.59 Å². The third-order valence-electron chi connectivity index (χ3n) is 4.88. The molecule has 2 aromatic rings. The number of hydrogen-bond donors (Lipinski definition) is 1. The SMILES string of the molecule is CCCN1CCN(C(=O)N[C@@H](Cc2ccccc2)c2ccccc2)CC1=O. The van der Waals surface area contributed by atoms with Gasteiger partial charge < -0.3 is 15.1 Å². The van der Waals surface area contributed by atoms with Crippen molar-refractivity contribution in [3.8, 4) is 0 Å². The molecule has 0 aromatic heterocycles. The maximum absolute atomic E-state index is 12.8. The van der Waals surface area contributed by atoms with E-state index in [9.17, 15) is 9.59 Å². The lowest BCUT2D eigenvalue weighted by molar-refractivity contribution is -0.134. The number of piperazine rings is 1. The number of carbonyl (C=O) groups is 2. The molecule has 0 saturated carbocycles. The average molecular weight is 365 g/mol. The molecule has 1 aliphatic rings. The molecule has 1 N–H and O–H groups in total. The Morgan fingerprint density at radius 3 is 2.33 bits per heavy atom. The normalized spacial score (nSPS) is 15.5. The Labute approximate surface area is 161 Å². The fourth-order valence-electron chi connectivity index (χ4n) is 3.42. The predicted molar refractivity (Wildman–Crippen MR) is 106 cm³/mol. The van der Waals surface area contributed by atoms with Crippen LogP contribution in [-0.4, -0.2) is 47.9 Å². The Bertz CT molecular complexity index is 749. The molecule has 5 heteroatoms. The van der Waals surface area contributed by atoms with Crippen LogP contribution in [0.5, 0.6) is 0 Å². The van der Waals surface area contributed by atoms with E-state index in [1.165, 1.54) is 0 Å². The summed E-state index contributed by atoms with van der Waals surface area (Å²) in [7, 11) is 0. The molecular formula is C22H27N3O2. The zero-order valence-corrected chi connectivity index (χ0v) is 15.8. The molecule has 3 amide bonds. The second-order valence-corrected chi connectivity index (χ2v) is 6.90. The molecule has 1 heterocycles. The average Bonchev–Trinajstić information content (AvgIpc) is 2.70. The summed E-state index contributed by atoms with van der Waals surface area (Å²) in [6.45, 7) is 4.15. The topological polar surface area (TPSA) is 52.6 Å². The Hall–Kier alpha value is -2.82. The summed E-state index contributed by atoms with van der Waals surface area (Å²) in [5, 5.41) is 3.14. The largest absolute Gasteiger partial charge is 0.339 e. The van der Waals surface area contributed by atoms with Gasteiger partial charge in [0.25, 0.3) is 0 Å². The van der Waals surface area contributed by atoms with E-state index in [0.717, 1.165) is 24.1 Å². The van der Waals surface area contributed by atoms with E-state index in [0.29, 0.717) is 19.5 Å². The zero-order chi connectivity index (χ0) is 19.1. The first-order valence-corrected chi connectivity index (χ1v) is 9.59. The molecule has 0 spiro atoms. The van der Waals surface area contributed by atoms with Gasteiger partial charge in [-0.15, -0.1) is 0 Å². The van der Waals surface area contributed by atoms with Crippen LogP contribution >= 0.6 is 0 Å². The van der Waals surface area contributed by atoms with Crippen LogP contribution in [0.3, 0.4) is 0 Å². The van der Waals surface area contributed by atoms with Gasteiger partial charge in [0.1, 0.15) is 6.54 Å². The van der Waals surface area contributed by atoms with E-state index in [1.54, 1.807) is 4.90 Å². The van der Waals surface area contributed by atoms with Crippen LogP contribution in [0.15, 0.2) is 60.7 Å². The van der Waals surface area contributed by atoms with Crippen molar-refractivity contribution in [2.24, 2.45) is 0 Å². The Kier molecular flexibility index (Phi) is 6.47. The number of benzene rings is 2. The number of carbonyl (C=O) groups excluding carboxylic acids is 2. The standard InChI is InChI=1S/C22H27N3O2/c1-2-13-24-14-15-25(17-21(24)26)22(27)23-20(19-11-7-4-8-12-19)16-18-9-5-3-6-10-18/h3-12,20H,2,13-17H2,1H3,(H,23,27)/t20-/m0/s1. The minimum Gasteiger partial charge on any atom is -0.339 e. The van der Waals surface area contributed by atoms with E-state index in [1.807, 2.05) is 53.4 Å². The van der Waals surface area contributed by atoms with Crippen molar-refractivity contribution in [3.05, 3.63) is 71.8 Å². The maximum Gasteiger partial charge on any atom is 0.318 e. The van der Waals surface area contributed by atoms with Crippen LogP contribution in [0, 0.1) is 0 Å². The number of amides is 3. The van der Waals surface area contributed by atoms with Crippen LogP contribution in [0.4, 0.5) is 4.79 Å². The summed E-state index contributed by atoms with van der Waals surface area (Å²) in [5.41, 5.74) is 2.22. The lowest BCUT2D eigenvalue weighted by Crippen LogP contribution is -2.55. The van der Waals surface area contributed by atoms with E-state index in [-0.39, 0.29) is 24.5 Å². The molecule has 1 atom stereocenters. The summed E-state index contributed by atoms with van der Waals surface area (Å²) in [6.07, 6.45) is 1.64. The quantitative estimate of drug-likeness (QED) is 0.854. The van der Waals surface area contributed by atoms with Gasteiger partial charge in [-0.25, -0.2) is 4.79 Å². The molecule has 1 aliphatic heterocycles. The molecule has 0 bridgehead atoms. The van der Waals surface area contributed by atoms with E-state index < -0.39 is 0 Å².